The molecule has 100 valence electrons. The highest BCUT2D eigenvalue weighted by Gasteiger charge is 1.99. The van der Waals surface area contributed by atoms with Crippen LogP contribution in [-0.4, -0.2) is 11.7 Å². The fourth-order valence-electron chi connectivity index (χ4n) is 2.24. The van der Waals surface area contributed by atoms with Crippen LogP contribution in [0, 0.1) is 0 Å². The molecule has 2 aromatic rings. The molecule has 2 aromatic carbocycles. The van der Waals surface area contributed by atoms with Crippen molar-refractivity contribution in [3.8, 4) is 11.1 Å². The number of aryl methyl sites for hydroxylation is 1. The predicted molar refractivity (Wildman–Crippen MR) is 81.3 cm³/mol. The summed E-state index contributed by atoms with van der Waals surface area (Å²) in [6, 6.07) is 17.3. The van der Waals surface area contributed by atoms with Gasteiger partial charge in [-0.2, -0.15) is 0 Å². The van der Waals surface area contributed by atoms with Gasteiger partial charge in [0.25, 0.3) is 0 Å². The number of rotatable bonds is 6. The zero-order valence-corrected chi connectivity index (χ0v) is 11.6. The lowest BCUT2D eigenvalue weighted by Gasteiger charge is -2.05. The standard InChI is InChI=1S/C18H22O/c1-2-3-4-15-5-9-17(10-6-15)18-11-7-16(8-12-18)13-14-19/h5-12,19H,2-4,13-14H2,1H3. The first-order chi connectivity index (χ1) is 9.33. The molecule has 0 saturated heterocycles. The number of hydrogen-bond donors (Lipinski definition) is 1. The molecule has 19 heavy (non-hydrogen) atoms. The largest absolute Gasteiger partial charge is 0.396 e. The third kappa shape index (κ3) is 3.93. The Balaban J connectivity index is 2.08. The summed E-state index contributed by atoms with van der Waals surface area (Å²) in [5, 5.41) is 8.91. The van der Waals surface area contributed by atoms with Crippen molar-refractivity contribution in [2.45, 2.75) is 32.6 Å². The number of hydrogen-bond acceptors (Lipinski definition) is 1. The Kier molecular flexibility index (Phi) is 5.17. The van der Waals surface area contributed by atoms with Crippen molar-refractivity contribution in [3.63, 3.8) is 0 Å². The lowest BCUT2D eigenvalue weighted by molar-refractivity contribution is 0.299. The minimum Gasteiger partial charge on any atom is -0.396 e. The van der Waals surface area contributed by atoms with Gasteiger partial charge < -0.3 is 5.11 Å². The van der Waals surface area contributed by atoms with Crippen molar-refractivity contribution in [2.24, 2.45) is 0 Å². The van der Waals surface area contributed by atoms with Gasteiger partial charge in [0.05, 0.1) is 0 Å². The minimum absolute atomic E-state index is 0.214. The SMILES string of the molecule is CCCCc1ccc(-c2ccc(CCO)cc2)cc1. The summed E-state index contributed by atoms with van der Waals surface area (Å²) >= 11 is 0. The first-order valence-electron chi connectivity index (χ1n) is 7.12. The Bertz CT molecular complexity index is 482. The van der Waals surface area contributed by atoms with Crippen LogP contribution >= 0.6 is 0 Å². The Hall–Kier alpha value is -1.60. The molecule has 1 heteroatoms. The van der Waals surface area contributed by atoms with Crippen LogP contribution in [0.15, 0.2) is 48.5 Å². The molecule has 0 aliphatic carbocycles. The van der Waals surface area contributed by atoms with E-state index in [9.17, 15) is 0 Å². The molecule has 0 atom stereocenters. The van der Waals surface area contributed by atoms with E-state index in [0.717, 1.165) is 6.42 Å². The van der Waals surface area contributed by atoms with Gasteiger partial charge in [0, 0.05) is 6.61 Å². The topological polar surface area (TPSA) is 20.2 Å². The van der Waals surface area contributed by atoms with Crippen LogP contribution in [0.25, 0.3) is 11.1 Å². The Morgan fingerprint density at radius 1 is 0.737 bits per heavy atom. The Labute approximate surface area is 115 Å². The molecule has 0 heterocycles. The molecule has 0 amide bonds. The molecule has 0 aliphatic heterocycles. The van der Waals surface area contributed by atoms with Crippen molar-refractivity contribution in [1.29, 1.82) is 0 Å². The molecule has 0 radical (unpaired) electrons. The molecule has 0 spiro atoms. The van der Waals surface area contributed by atoms with Gasteiger partial charge in [0.2, 0.25) is 0 Å². The molecule has 0 aliphatic rings. The van der Waals surface area contributed by atoms with E-state index in [4.69, 9.17) is 5.11 Å². The molecule has 1 nitrogen and oxygen atoms in total. The fraction of sp³-hybridized carbons (Fsp3) is 0.333. The number of benzene rings is 2. The van der Waals surface area contributed by atoms with Crippen LogP contribution in [-0.2, 0) is 12.8 Å². The average molecular weight is 254 g/mol. The van der Waals surface area contributed by atoms with Crippen LogP contribution in [0.2, 0.25) is 0 Å². The maximum absolute atomic E-state index is 8.91. The highest BCUT2D eigenvalue weighted by atomic mass is 16.2. The van der Waals surface area contributed by atoms with Crippen molar-refractivity contribution in [3.05, 3.63) is 59.7 Å². The molecule has 2 rings (SSSR count). The van der Waals surface area contributed by atoms with Gasteiger partial charge >= 0.3 is 0 Å². The highest BCUT2D eigenvalue weighted by molar-refractivity contribution is 5.63. The summed E-state index contributed by atoms with van der Waals surface area (Å²) in [6.45, 7) is 2.44. The summed E-state index contributed by atoms with van der Waals surface area (Å²) in [5.74, 6) is 0. The van der Waals surface area contributed by atoms with Crippen LogP contribution in [0.1, 0.15) is 30.9 Å². The summed E-state index contributed by atoms with van der Waals surface area (Å²) in [7, 11) is 0. The van der Waals surface area contributed by atoms with E-state index in [1.807, 2.05) is 0 Å². The van der Waals surface area contributed by atoms with E-state index >= 15 is 0 Å². The second kappa shape index (κ2) is 7.10. The van der Waals surface area contributed by atoms with Crippen molar-refractivity contribution in [1.82, 2.24) is 0 Å². The van der Waals surface area contributed by atoms with Crippen molar-refractivity contribution in [2.75, 3.05) is 6.61 Å². The van der Waals surface area contributed by atoms with Gasteiger partial charge in [-0.1, -0.05) is 61.9 Å². The lowest BCUT2D eigenvalue weighted by Crippen LogP contribution is -1.90. The molecule has 0 aromatic heterocycles. The van der Waals surface area contributed by atoms with Gasteiger partial charge in [-0.05, 0) is 41.5 Å². The van der Waals surface area contributed by atoms with E-state index in [-0.39, 0.29) is 6.61 Å². The van der Waals surface area contributed by atoms with Gasteiger partial charge in [-0.25, -0.2) is 0 Å². The molecular formula is C18H22O. The van der Waals surface area contributed by atoms with Crippen molar-refractivity contribution < 1.29 is 5.11 Å². The second-order valence-corrected chi connectivity index (χ2v) is 4.97. The van der Waals surface area contributed by atoms with Crippen LogP contribution < -0.4 is 0 Å². The summed E-state index contributed by atoms with van der Waals surface area (Å²) in [5.41, 5.74) is 5.10. The first-order valence-corrected chi connectivity index (χ1v) is 7.12. The third-order valence-electron chi connectivity index (χ3n) is 3.46. The zero-order chi connectivity index (χ0) is 13.5. The molecule has 0 bridgehead atoms. The highest BCUT2D eigenvalue weighted by Crippen LogP contribution is 2.21. The molecule has 0 fully saturated rings. The maximum atomic E-state index is 8.91. The average Bonchev–Trinajstić information content (AvgIpc) is 2.47. The molecule has 1 N–H and O–H groups in total. The summed E-state index contributed by atoms with van der Waals surface area (Å²) < 4.78 is 0. The number of unbranched alkanes of at least 4 members (excludes halogenated alkanes) is 1. The van der Waals surface area contributed by atoms with Crippen LogP contribution in [0.4, 0.5) is 0 Å². The van der Waals surface area contributed by atoms with Gasteiger partial charge in [0.15, 0.2) is 0 Å². The van der Waals surface area contributed by atoms with Gasteiger partial charge in [-0.15, -0.1) is 0 Å². The fourth-order valence-corrected chi connectivity index (χ4v) is 2.24. The number of aliphatic hydroxyl groups excluding tert-OH is 1. The Morgan fingerprint density at radius 3 is 1.63 bits per heavy atom. The molecular weight excluding hydrogens is 232 g/mol. The maximum Gasteiger partial charge on any atom is 0.0471 e. The first kappa shape index (κ1) is 13.8. The van der Waals surface area contributed by atoms with Crippen LogP contribution in [0.3, 0.4) is 0 Å². The second-order valence-electron chi connectivity index (χ2n) is 4.97. The molecule has 0 unspecified atom stereocenters. The van der Waals surface area contributed by atoms with Gasteiger partial charge in [-0.3, -0.25) is 0 Å². The minimum atomic E-state index is 0.214. The van der Waals surface area contributed by atoms with Gasteiger partial charge in [0.1, 0.15) is 0 Å². The van der Waals surface area contributed by atoms with Crippen LogP contribution in [0.5, 0.6) is 0 Å². The van der Waals surface area contributed by atoms with E-state index < -0.39 is 0 Å². The predicted octanol–water partition coefficient (Wildman–Crippen LogP) is 4.23. The normalized spacial score (nSPS) is 10.6. The number of aliphatic hydroxyl groups is 1. The molecule has 0 saturated carbocycles. The zero-order valence-electron chi connectivity index (χ0n) is 11.6. The lowest BCUT2D eigenvalue weighted by atomic mass is 10.0. The van der Waals surface area contributed by atoms with E-state index in [0.29, 0.717) is 0 Å². The quantitative estimate of drug-likeness (QED) is 0.818. The van der Waals surface area contributed by atoms with E-state index in [2.05, 4.69) is 55.5 Å². The van der Waals surface area contributed by atoms with Crippen molar-refractivity contribution >= 4 is 0 Å². The Morgan fingerprint density at radius 2 is 1.21 bits per heavy atom. The van der Waals surface area contributed by atoms with E-state index in [1.165, 1.54) is 41.5 Å². The smallest absolute Gasteiger partial charge is 0.0471 e. The summed E-state index contributed by atoms with van der Waals surface area (Å²) in [6.07, 6.45) is 4.41. The van der Waals surface area contributed by atoms with E-state index in [1.54, 1.807) is 0 Å². The monoisotopic (exact) mass is 254 g/mol. The third-order valence-corrected chi connectivity index (χ3v) is 3.46. The summed E-state index contributed by atoms with van der Waals surface area (Å²) in [4.78, 5) is 0.